The lowest BCUT2D eigenvalue weighted by atomic mass is 9.88. The minimum absolute atomic E-state index is 0.0743. The number of hydrogen-bond acceptors (Lipinski definition) is 5. The first-order valence-electron chi connectivity index (χ1n) is 5.80. The maximum atomic E-state index is 11.8. The highest BCUT2D eigenvalue weighted by Crippen LogP contribution is 2.34. The largest absolute Gasteiger partial charge is 0.497 e. The van der Waals surface area contributed by atoms with E-state index in [4.69, 9.17) is 4.74 Å². The number of amides is 1. The number of carbonyl (C=O) groups excluding carboxylic acids is 2. The van der Waals surface area contributed by atoms with Gasteiger partial charge in [-0.05, 0) is 17.7 Å². The van der Waals surface area contributed by atoms with Crippen LogP contribution in [0.25, 0.3) is 0 Å². The SMILES string of the molecule is COC(=O)C1C(=O)N(O)C[C@@H]1c1ccc(OC)cc1. The molecule has 2 atom stereocenters. The molecular formula is C13H15NO5. The standard InChI is InChI=1S/C13H15NO5/c1-18-9-5-3-8(4-6-9)10-7-14(17)12(15)11(10)13(16)19-2/h3-6,10-11,17H,7H2,1-2H3/t10-,11?/m1/s1. The smallest absolute Gasteiger partial charge is 0.319 e. The fraction of sp³-hybridized carbons (Fsp3) is 0.385. The van der Waals surface area contributed by atoms with E-state index in [9.17, 15) is 14.8 Å². The number of ether oxygens (including phenoxy) is 2. The maximum absolute atomic E-state index is 11.8. The van der Waals surface area contributed by atoms with Crippen LogP contribution in [0, 0.1) is 5.92 Å². The summed E-state index contributed by atoms with van der Waals surface area (Å²) >= 11 is 0. The van der Waals surface area contributed by atoms with E-state index in [1.165, 1.54) is 7.11 Å². The number of hydroxylamine groups is 2. The second kappa shape index (κ2) is 5.27. The topological polar surface area (TPSA) is 76.1 Å². The number of benzene rings is 1. The average Bonchev–Trinajstić information content (AvgIpc) is 2.74. The summed E-state index contributed by atoms with van der Waals surface area (Å²) in [4.78, 5) is 23.4. The predicted molar refractivity (Wildman–Crippen MR) is 64.7 cm³/mol. The van der Waals surface area contributed by atoms with E-state index in [0.717, 1.165) is 5.56 Å². The predicted octanol–water partition coefficient (Wildman–Crippen LogP) is 0.799. The minimum atomic E-state index is -0.997. The Morgan fingerprint density at radius 2 is 1.95 bits per heavy atom. The number of methoxy groups -OCH3 is 2. The Labute approximate surface area is 110 Å². The molecule has 1 unspecified atom stereocenters. The van der Waals surface area contributed by atoms with Crippen LogP contribution in [0.15, 0.2) is 24.3 Å². The zero-order valence-corrected chi connectivity index (χ0v) is 10.7. The molecule has 0 aliphatic carbocycles. The number of hydrogen-bond donors (Lipinski definition) is 1. The number of nitrogens with zero attached hydrogens (tertiary/aromatic N) is 1. The molecule has 0 spiro atoms. The van der Waals surface area contributed by atoms with Crippen LogP contribution in [0.4, 0.5) is 0 Å². The molecule has 1 aromatic carbocycles. The van der Waals surface area contributed by atoms with Crippen molar-refractivity contribution in [2.75, 3.05) is 20.8 Å². The van der Waals surface area contributed by atoms with Gasteiger partial charge in [-0.25, -0.2) is 5.06 Å². The molecule has 102 valence electrons. The number of rotatable bonds is 3. The van der Waals surface area contributed by atoms with Crippen molar-refractivity contribution in [3.05, 3.63) is 29.8 Å². The Balaban J connectivity index is 2.30. The molecular weight excluding hydrogens is 250 g/mol. The quantitative estimate of drug-likeness (QED) is 0.497. The molecule has 1 saturated heterocycles. The van der Waals surface area contributed by atoms with Gasteiger partial charge in [-0.2, -0.15) is 0 Å². The number of esters is 1. The van der Waals surface area contributed by atoms with Gasteiger partial charge in [-0.15, -0.1) is 0 Å². The third-order valence-electron chi connectivity index (χ3n) is 3.29. The van der Waals surface area contributed by atoms with Crippen LogP contribution in [-0.4, -0.2) is 42.9 Å². The van der Waals surface area contributed by atoms with Crippen LogP contribution in [0.3, 0.4) is 0 Å². The van der Waals surface area contributed by atoms with Crippen molar-refractivity contribution in [2.45, 2.75) is 5.92 Å². The highest BCUT2D eigenvalue weighted by atomic mass is 16.5. The van der Waals surface area contributed by atoms with Crippen LogP contribution >= 0.6 is 0 Å². The van der Waals surface area contributed by atoms with Gasteiger partial charge in [0.2, 0.25) is 0 Å². The summed E-state index contributed by atoms with van der Waals surface area (Å²) in [5.41, 5.74) is 0.779. The summed E-state index contributed by atoms with van der Waals surface area (Å²) in [5.74, 6) is -2.00. The Morgan fingerprint density at radius 3 is 2.47 bits per heavy atom. The van der Waals surface area contributed by atoms with Crippen molar-refractivity contribution in [3.63, 3.8) is 0 Å². The lowest BCUT2D eigenvalue weighted by Crippen LogP contribution is -2.29. The lowest BCUT2D eigenvalue weighted by Gasteiger charge is -2.14. The molecule has 1 aromatic rings. The monoisotopic (exact) mass is 265 g/mol. The van der Waals surface area contributed by atoms with E-state index in [2.05, 4.69) is 4.74 Å². The first kappa shape index (κ1) is 13.4. The van der Waals surface area contributed by atoms with E-state index in [0.29, 0.717) is 10.8 Å². The van der Waals surface area contributed by atoms with Crippen LogP contribution in [-0.2, 0) is 14.3 Å². The molecule has 1 fully saturated rings. The molecule has 0 radical (unpaired) electrons. The molecule has 2 rings (SSSR count). The van der Waals surface area contributed by atoms with Crippen molar-refractivity contribution < 1.29 is 24.3 Å². The lowest BCUT2D eigenvalue weighted by molar-refractivity contribution is -0.165. The summed E-state index contributed by atoms with van der Waals surface area (Å²) in [6.45, 7) is 0.0743. The van der Waals surface area contributed by atoms with E-state index < -0.39 is 23.7 Å². The molecule has 1 amide bonds. The molecule has 0 bridgehead atoms. The highest BCUT2D eigenvalue weighted by molar-refractivity contribution is 6.00. The van der Waals surface area contributed by atoms with Crippen LogP contribution in [0.2, 0.25) is 0 Å². The molecule has 6 nitrogen and oxygen atoms in total. The second-order valence-electron chi connectivity index (χ2n) is 4.30. The van der Waals surface area contributed by atoms with Crippen molar-refractivity contribution >= 4 is 11.9 Å². The second-order valence-corrected chi connectivity index (χ2v) is 4.30. The average molecular weight is 265 g/mol. The van der Waals surface area contributed by atoms with Gasteiger partial charge in [0.25, 0.3) is 5.91 Å². The van der Waals surface area contributed by atoms with E-state index >= 15 is 0 Å². The van der Waals surface area contributed by atoms with E-state index in [-0.39, 0.29) is 6.54 Å². The number of carbonyl (C=O) groups is 2. The molecule has 6 heteroatoms. The van der Waals surface area contributed by atoms with Crippen molar-refractivity contribution in [2.24, 2.45) is 5.92 Å². The molecule has 19 heavy (non-hydrogen) atoms. The summed E-state index contributed by atoms with van der Waals surface area (Å²) in [6.07, 6.45) is 0. The third-order valence-corrected chi connectivity index (χ3v) is 3.29. The van der Waals surface area contributed by atoms with Gasteiger partial charge in [0, 0.05) is 5.92 Å². The van der Waals surface area contributed by atoms with Crippen LogP contribution < -0.4 is 4.74 Å². The van der Waals surface area contributed by atoms with Crippen LogP contribution in [0.1, 0.15) is 11.5 Å². The van der Waals surface area contributed by atoms with Gasteiger partial charge < -0.3 is 9.47 Å². The van der Waals surface area contributed by atoms with Crippen molar-refractivity contribution in [3.8, 4) is 5.75 Å². The van der Waals surface area contributed by atoms with E-state index in [1.807, 2.05) is 0 Å². The fourth-order valence-electron chi connectivity index (χ4n) is 2.26. The first-order chi connectivity index (χ1) is 9.08. The molecule has 1 aliphatic heterocycles. The van der Waals surface area contributed by atoms with Gasteiger partial charge in [-0.1, -0.05) is 12.1 Å². The summed E-state index contributed by atoms with van der Waals surface area (Å²) in [7, 11) is 2.78. The Kier molecular flexibility index (Phi) is 3.71. The van der Waals surface area contributed by atoms with Crippen molar-refractivity contribution in [1.82, 2.24) is 5.06 Å². The zero-order chi connectivity index (χ0) is 14.0. The van der Waals surface area contributed by atoms with E-state index in [1.54, 1.807) is 31.4 Å². The van der Waals surface area contributed by atoms with Crippen LogP contribution in [0.5, 0.6) is 5.75 Å². The van der Waals surface area contributed by atoms with Gasteiger partial charge in [0.1, 0.15) is 11.7 Å². The molecule has 0 aromatic heterocycles. The fourth-order valence-corrected chi connectivity index (χ4v) is 2.26. The van der Waals surface area contributed by atoms with Gasteiger partial charge in [0.15, 0.2) is 0 Å². The molecule has 0 saturated carbocycles. The minimum Gasteiger partial charge on any atom is -0.497 e. The third kappa shape index (κ3) is 2.39. The highest BCUT2D eigenvalue weighted by Gasteiger charge is 2.46. The summed E-state index contributed by atoms with van der Waals surface area (Å²) < 4.78 is 9.68. The Hall–Kier alpha value is -2.08. The maximum Gasteiger partial charge on any atom is 0.319 e. The molecule has 1 aliphatic rings. The first-order valence-corrected chi connectivity index (χ1v) is 5.80. The summed E-state index contributed by atoms with van der Waals surface area (Å²) in [6, 6.07) is 7.03. The van der Waals surface area contributed by atoms with Gasteiger partial charge in [0.05, 0.1) is 20.8 Å². The molecule has 1 heterocycles. The Bertz CT molecular complexity index is 484. The normalized spacial score (nSPS) is 22.5. The summed E-state index contributed by atoms with van der Waals surface area (Å²) in [5, 5.41) is 10.1. The zero-order valence-electron chi connectivity index (χ0n) is 10.7. The van der Waals surface area contributed by atoms with Gasteiger partial charge >= 0.3 is 5.97 Å². The Morgan fingerprint density at radius 1 is 1.32 bits per heavy atom. The van der Waals surface area contributed by atoms with Gasteiger partial charge in [-0.3, -0.25) is 14.8 Å². The molecule has 1 N–H and O–H groups in total. The van der Waals surface area contributed by atoms with Crippen molar-refractivity contribution in [1.29, 1.82) is 0 Å².